The van der Waals surface area contributed by atoms with E-state index in [4.69, 9.17) is 26.2 Å². The van der Waals surface area contributed by atoms with Crippen molar-refractivity contribution >= 4 is 17.6 Å². The number of carboxylic acid groups (broad SMARTS) is 1. The third-order valence-electron chi connectivity index (χ3n) is 3.00. The van der Waals surface area contributed by atoms with Crippen molar-refractivity contribution < 1.29 is 19.4 Å². The molecule has 0 unspecified atom stereocenters. The molecule has 1 heterocycles. The summed E-state index contributed by atoms with van der Waals surface area (Å²) in [6.07, 6.45) is -0.0988. The van der Waals surface area contributed by atoms with Gasteiger partial charge >= 0.3 is 5.97 Å². The monoisotopic (exact) mass is 324 g/mol. The van der Waals surface area contributed by atoms with Crippen LogP contribution in [0.2, 0.25) is 5.02 Å². The topological polar surface area (TPSA) is 73.6 Å². The lowest BCUT2D eigenvalue weighted by atomic mass is 10.1. The van der Waals surface area contributed by atoms with Crippen LogP contribution in [0.5, 0.6) is 11.5 Å². The second-order valence-corrected chi connectivity index (χ2v) is 5.37. The first-order valence-corrected chi connectivity index (χ1v) is 7.03. The zero-order valence-corrected chi connectivity index (χ0v) is 13.5. The highest BCUT2D eigenvalue weighted by molar-refractivity contribution is 6.33. The van der Waals surface area contributed by atoms with E-state index in [1.54, 1.807) is 19.2 Å². The van der Waals surface area contributed by atoms with E-state index >= 15 is 0 Å². The van der Waals surface area contributed by atoms with E-state index in [0.717, 1.165) is 0 Å². The molecule has 1 aromatic heterocycles. The smallest absolute Gasteiger partial charge is 0.356 e. The lowest BCUT2D eigenvalue weighted by Gasteiger charge is -2.18. The maximum Gasteiger partial charge on any atom is 0.356 e. The average Bonchev–Trinajstić information content (AvgIpc) is 2.81. The first-order valence-electron chi connectivity index (χ1n) is 6.66. The molecule has 0 amide bonds. The zero-order chi connectivity index (χ0) is 16.4. The zero-order valence-electron chi connectivity index (χ0n) is 12.8. The second-order valence-electron chi connectivity index (χ2n) is 4.96. The fourth-order valence-corrected chi connectivity index (χ4v) is 2.34. The number of carboxylic acids is 1. The van der Waals surface area contributed by atoms with Crippen LogP contribution in [0.4, 0.5) is 0 Å². The van der Waals surface area contributed by atoms with E-state index in [1.165, 1.54) is 17.9 Å². The molecule has 0 aliphatic carbocycles. The number of halogens is 1. The predicted molar refractivity (Wildman–Crippen MR) is 82.9 cm³/mol. The van der Waals surface area contributed by atoms with Crippen molar-refractivity contribution in [3.05, 3.63) is 28.9 Å². The number of hydrogen-bond acceptors (Lipinski definition) is 4. The number of aryl methyl sites for hydroxylation is 1. The minimum atomic E-state index is -1.10. The number of aromatic nitrogens is 2. The average molecular weight is 325 g/mol. The molecule has 1 aromatic carbocycles. The van der Waals surface area contributed by atoms with Crippen molar-refractivity contribution in [2.24, 2.45) is 7.05 Å². The molecule has 0 spiro atoms. The Kier molecular flexibility index (Phi) is 4.61. The molecular formula is C15H17ClN2O4. The van der Waals surface area contributed by atoms with Gasteiger partial charge in [-0.15, -0.1) is 0 Å². The molecular weight excluding hydrogens is 308 g/mol. The summed E-state index contributed by atoms with van der Waals surface area (Å²) in [5.74, 6) is -0.122. The van der Waals surface area contributed by atoms with Crippen molar-refractivity contribution in [2.75, 3.05) is 7.11 Å². The van der Waals surface area contributed by atoms with Gasteiger partial charge in [0, 0.05) is 7.05 Å². The van der Waals surface area contributed by atoms with Gasteiger partial charge in [-0.2, -0.15) is 5.10 Å². The Labute approximate surface area is 133 Å². The third kappa shape index (κ3) is 3.01. The van der Waals surface area contributed by atoms with Crippen LogP contribution in [0.3, 0.4) is 0 Å². The normalized spacial score (nSPS) is 10.8. The molecule has 118 valence electrons. The number of aromatic carboxylic acids is 1. The molecule has 0 radical (unpaired) electrons. The number of nitrogens with zero attached hydrogens (tertiary/aromatic N) is 2. The van der Waals surface area contributed by atoms with E-state index in [1.807, 2.05) is 13.8 Å². The van der Waals surface area contributed by atoms with Crippen LogP contribution in [0.1, 0.15) is 24.3 Å². The molecule has 22 heavy (non-hydrogen) atoms. The summed E-state index contributed by atoms with van der Waals surface area (Å²) in [5, 5.41) is 13.5. The number of methoxy groups -OCH3 is 1. The van der Waals surface area contributed by atoms with Gasteiger partial charge in [-0.1, -0.05) is 11.6 Å². The molecule has 0 bridgehead atoms. The first kappa shape index (κ1) is 16.2. The number of benzene rings is 1. The minimum Gasteiger partial charge on any atom is -0.493 e. The summed E-state index contributed by atoms with van der Waals surface area (Å²) in [5.41, 5.74) is 1.03. The summed E-state index contributed by atoms with van der Waals surface area (Å²) in [7, 11) is 3.18. The van der Waals surface area contributed by atoms with Crippen molar-refractivity contribution in [3.63, 3.8) is 0 Å². The Morgan fingerprint density at radius 1 is 1.41 bits per heavy atom. The van der Waals surface area contributed by atoms with Gasteiger partial charge in [0.2, 0.25) is 0 Å². The van der Waals surface area contributed by atoms with E-state index in [9.17, 15) is 4.79 Å². The predicted octanol–water partition coefficient (Wildman–Crippen LogP) is 3.23. The molecule has 0 fully saturated rings. The number of hydrogen-bond donors (Lipinski definition) is 1. The van der Waals surface area contributed by atoms with Crippen molar-refractivity contribution in [2.45, 2.75) is 20.0 Å². The summed E-state index contributed by atoms with van der Waals surface area (Å²) < 4.78 is 12.6. The lowest BCUT2D eigenvalue weighted by molar-refractivity contribution is 0.0689. The molecule has 0 aliphatic rings. The minimum absolute atomic E-state index is 0.0631. The van der Waals surface area contributed by atoms with E-state index in [0.29, 0.717) is 27.8 Å². The van der Waals surface area contributed by atoms with Gasteiger partial charge in [0.15, 0.2) is 17.2 Å². The van der Waals surface area contributed by atoms with Crippen LogP contribution >= 0.6 is 11.6 Å². The number of carbonyl (C=O) groups is 1. The SMILES string of the molecule is COc1ccc(Cl)c(-c2cc(C(=O)O)nn2C)c1OC(C)C. The van der Waals surface area contributed by atoms with Gasteiger partial charge in [0.05, 0.1) is 29.5 Å². The molecule has 2 aromatic rings. The number of rotatable bonds is 5. The molecule has 0 atom stereocenters. The summed E-state index contributed by atoms with van der Waals surface area (Å²) in [6, 6.07) is 4.84. The van der Waals surface area contributed by atoms with Gasteiger partial charge < -0.3 is 14.6 Å². The number of ether oxygens (including phenoxy) is 2. The highest BCUT2D eigenvalue weighted by Crippen LogP contribution is 2.43. The van der Waals surface area contributed by atoms with Crippen molar-refractivity contribution in [3.8, 4) is 22.8 Å². The molecule has 0 saturated carbocycles. The Morgan fingerprint density at radius 3 is 2.59 bits per heavy atom. The van der Waals surface area contributed by atoms with Crippen LogP contribution in [-0.4, -0.2) is 34.1 Å². The first-order chi connectivity index (χ1) is 10.3. The second kappa shape index (κ2) is 6.27. The maximum absolute atomic E-state index is 11.1. The molecule has 0 saturated heterocycles. The summed E-state index contributed by atoms with van der Waals surface area (Å²) in [4.78, 5) is 11.1. The Bertz CT molecular complexity index is 710. The van der Waals surface area contributed by atoms with Crippen LogP contribution in [-0.2, 0) is 7.05 Å². The molecule has 2 rings (SSSR count). The lowest BCUT2D eigenvalue weighted by Crippen LogP contribution is -2.09. The van der Waals surface area contributed by atoms with E-state index < -0.39 is 5.97 Å². The van der Waals surface area contributed by atoms with Gasteiger partial charge in [0.1, 0.15) is 0 Å². The Hall–Kier alpha value is -2.21. The van der Waals surface area contributed by atoms with Crippen LogP contribution in [0.15, 0.2) is 18.2 Å². The molecule has 1 N–H and O–H groups in total. The molecule has 6 nitrogen and oxygen atoms in total. The van der Waals surface area contributed by atoms with Gasteiger partial charge in [-0.25, -0.2) is 4.79 Å². The van der Waals surface area contributed by atoms with Crippen molar-refractivity contribution in [1.82, 2.24) is 9.78 Å². The largest absolute Gasteiger partial charge is 0.493 e. The van der Waals surface area contributed by atoms with Gasteiger partial charge in [0.25, 0.3) is 0 Å². The maximum atomic E-state index is 11.1. The van der Waals surface area contributed by atoms with Crippen LogP contribution in [0.25, 0.3) is 11.3 Å². The quantitative estimate of drug-likeness (QED) is 0.914. The van der Waals surface area contributed by atoms with E-state index in [-0.39, 0.29) is 11.8 Å². The van der Waals surface area contributed by atoms with Crippen molar-refractivity contribution in [1.29, 1.82) is 0 Å². The Balaban J connectivity index is 2.70. The van der Waals surface area contributed by atoms with Gasteiger partial charge in [-0.05, 0) is 32.0 Å². The molecule has 0 aliphatic heterocycles. The summed E-state index contributed by atoms with van der Waals surface area (Å²) >= 11 is 6.31. The highest BCUT2D eigenvalue weighted by atomic mass is 35.5. The third-order valence-corrected chi connectivity index (χ3v) is 3.31. The Morgan fingerprint density at radius 2 is 2.09 bits per heavy atom. The van der Waals surface area contributed by atoms with E-state index in [2.05, 4.69) is 5.10 Å². The fourth-order valence-electron chi connectivity index (χ4n) is 2.10. The van der Waals surface area contributed by atoms with Crippen LogP contribution in [0, 0.1) is 0 Å². The standard InChI is InChI=1S/C15H17ClN2O4/c1-8(2)22-14-12(21-4)6-5-9(16)13(14)11-7-10(15(19)20)17-18(11)3/h5-8H,1-4H3,(H,19,20). The fraction of sp³-hybridized carbons (Fsp3) is 0.333. The van der Waals surface area contributed by atoms with Gasteiger partial charge in [-0.3, -0.25) is 4.68 Å². The highest BCUT2D eigenvalue weighted by Gasteiger charge is 2.22. The summed E-state index contributed by atoms with van der Waals surface area (Å²) in [6.45, 7) is 3.77. The molecule has 7 heteroatoms. The van der Waals surface area contributed by atoms with Crippen LogP contribution < -0.4 is 9.47 Å².